The van der Waals surface area contributed by atoms with Crippen molar-refractivity contribution in [1.82, 2.24) is 10.6 Å². The molecule has 1 saturated heterocycles. The van der Waals surface area contributed by atoms with Gasteiger partial charge in [0, 0.05) is 5.54 Å². The van der Waals surface area contributed by atoms with Gasteiger partial charge in [-0.25, -0.2) is 4.79 Å². The van der Waals surface area contributed by atoms with E-state index in [0.717, 1.165) is 6.42 Å². The van der Waals surface area contributed by atoms with E-state index in [-0.39, 0.29) is 30.2 Å². The molecule has 0 saturated carbocycles. The molecule has 1 fully saturated rings. The molecule has 0 aromatic rings. The molecule has 2 amide bonds. The van der Waals surface area contributed by atoms with Crippen molar-refractivity contribution in [2.24, 2.45) is 11.3 Å². The van der Waals surface area contributed by atoms with E-state index < -0.39 is 17.9 Å². The number of rotatable bonds is 4. The molecule has 116 valence electrons. The Bertz CT molecular complexity index is 374. The summed E-state index contributed by atoms with van der Waals surface area (Å²) in [6.07, 6.45) is 0.816. The molecule has 0 radical (unpaired) electrons. The number of hydrogen-bond donors (Lipinski definition) is 3. The SMILES string of the molecule is CC(C)(C)CC(C)(C)NC(=O)NC1COCC1C(=O)O. The fourth-order valence-corrected chi connectivity index (χ4v) is 2.82. The lowest BCUT2D eigenvalue weighted by molar-refractivity contribution is -0.142. The summed E-state index contributed by atoms with van der Waals surface area (Å²) in [6, 6.07) is -0.820. The van der Waals surface area contributed by atoms with Crippen LogP contribution in [0.4, 0.5) is 4.79 Å². The van der Waals surface area contributed by atoms with Crippen LogP contribution in [0.5, 0.6) is 0 Å². The van der Waals surface area contributed by atoms with E-state index in [4.69, 9.17) is 9.84 Å². The number of nitrogens with one attached hydrogen (secondary N) is 2. The van der Waals surface area contributed by atoms with E-state index in [1.54, 1.807) is 0 Å². The molecule has 0 spiro atoms. The highest BCUT2D eigenvalue weighted by Gasteiger charge is 2.36. The zero-order chi connectivity index (χ0) is 15.6. The Kier molecular flexibility index (Phi) is 5.02. The fourth-order valence-electron chi connectivity index (χ4n) is 2.82. The van der Waals surface area contributed by atoms with Gasteiger partial charge in [-0.15, -0.1) is 0 Å². The van der Waals surface area contributed by atoms with Crippen LogP contribution in [-0.4, -0.2) is 41.9 Å². The van der Waals surface area contributed by atoms with E-state index in [1.165, 1.54) is 0 Å². The fraction of sp³-hybridized carbons (Fsp3) is 0.857. The number of urea groups is 1. The smallest absolute Gasteiger partial charge is 0.315 e. The molecule has 0 aliphatic carbocycles. The first kappa shape index (κ1) is 16.8. The Morgan fingerprint density at radius 2 is 1.80 bits per heavy atom. The van der Waals surface area contributed by atoms with Gasteiger partial charge in [-0.2, -0.15) is 0 Å². The molecule has 1 aliphatic heterocycles. The van der Waals surface area contributed by atoms with E-state index in [2.05, 4.69) is 31.4 Å². The summed E-state index contributed by atoms with van der Waals surface area (Å²) >= 11 is 0. The third-order valence-corrected chi connectivity index (χ3v) is 3.14. The molecule has 6 nitrogen and oxygen atoms in total. The summed E-state index contributed by atoms with van der Waals surface area (Å²) in [5.74, 6) is -1.62. The minimum Gasteiger partial charge on any atom is -0.481 e. The summed E-state index contributed by atoms with van der Waals surface area (Å²) < 4.78 is 5.12. The number of aliphatic carboxylic acids is 1. The molecule has 0 aromatic heterocycles. The molecule has 1 aliphatic rings. The monoisotopic (exact) mass is 286 g/mol. The second-order valence-corrected chi connectivity index (χ2v) is 7.31. The van der Waals surface area contributed by atoms with E-state index in [0.29, 0.717) is 0 Å². The van der Waals surface area contributed by atoms with Crippen LogP contribution in [0.1, 0.15) is 41.0 Å². The number of carbonyl (C=O) groups excluding carboxylic acids is 1. The molecular weight excluding hydrogens is 260 g/mol. The predicted octanol–water partition coefficient (Wildman–Crippen LogP) is 1.60. The molecule has 0 bridgehead atoms. The van der Waals surface area contributed by atoms with Gasteiger partial charge in [-0.05, 0) is 25.7 Å². The molecular formula is C14H26N2O4. The van der Waals surface area contributed by atoms with E-state index in [9.17, 15) is 9.59 Å². The maximum atomic E-state index is 12.0. The molecule has 6 heteroatoms. The van der Waals surface area contributed by atoms with Gasteiger partial charge < -0.3 is 20.5 Å². The first-order valence-electron chi connectivity index (χ1n) is 6.89. The molecule has 1 heterocycles. The molecule has 3 N–H and O–H groups in total. The van der Waals surface area contributed by atoms with Crippen molar-refractivity contribution < 1.29 is 19.4 Å². The Balaban J connectivity index is 2.53. The Morgan fingerprint density at radius 1 is 1.20 bits per heavy atom. The van der Waals surface area contributed by atoms with Gasteiger partial charge >= 0.3 is 12.0 Å². The van der Waals surface area contributed by atoms with E-state index >= 15 is 0 Å². The molecule has 0 aromatic carbocycles. The highest BCUT2D eigenvalue weighted by Crippen LogP contribution is 2.26. The topological polar surface area (TPSA) is 87.7 Å². The van der Waals surface area contributed by atoms with Crippen molar-refractivity contribution in [3.8, 4) is 0 Å². The molecule has 1 rings (SSSR count). The van der Waals surface area contributed by atoms with Crippen LogP contribution in [-0.2, 0) is 9.53 Å². The highest BCUT2D eigenvalue weighted by molar-refractivity contribution is 5.77. The number of carboxylic acid groups (broad SMARTS) is 1. The highest BCUT2D eigenvalue weighted by atomic mass is 16.5. The average molecular weight is 286 g/mol. The Labute approximate surface area is 120 Å². The van der Waals surface area contributed by atoms with Crippen molar-refractivity contribution in [2.45, 2.75) is 52.6 Å². The zero-order valence-corrected chi connectivity index (χ0v) is 12.9. The maximum absolute atomic E-state index is 12.0. The van der Waals surface area contributed by atoms with Gasteiger partial charge in [0.05, 0.1) is 19.3 Å². The van der Waals surface area contributed by atoms with Crippen LogP contribution in [0.25, 0.3) is 0 Å². The lowest BCUT2D eigenvalue weighted by Gasteiger charge is -2.33. The predicted molar refractivity (Wildman–Crippen MR) is 75.6 cm³/mol. The summed E-state index contributed by atoms with van der Waals surface area (Å²) in [7, 11) is 0. The van der Waals surface area contributed by atoms with Crippen molar-refractivity contribution in [3.05, 3.63) is 0 Å². The second-order valence-electron chi connectivity index (χ2n) is 7.31. The minimum absolute atomic E-state index is 0.0941. The zero-order valence-electron chi connectivity index (χ0n) is 12.9. The van der Waals surface area contributed by atoms with Crippen LogP contribution >= 0.6 is 0 Å². The van der Waals surface area contributed by atoms with Crippen molar-refractivity contribution in [1.29, 1.82) is 0 Å². The van der Waals surface area contributed by atoms with Gasteiger partial charge in [-0.1, -0.05) is 20.8 Å². The van der Waals surface area contributed by atoms with Crippen LogP contribution in [0.2, 0.25) is 0 Å². The number of carbonyl (C=O) groups is 2. The van der Waals surface area contributed by atoms with Crippen molar-refractivity contribution in [3.63, 3.8) is 0 Å². The van der Waals surface area contributed by atoms with Gasteiger partial charge in [-0.3, -0.25) is 4.79 Å². The quantitative estimate of drug-likeness (QED) is 0.732. The maximum Gasteiger partial charge on any atom is 0.315 e. The third kappa shape index (κ3) is 5.36. The first-order valence-corrected chi connectivity index (χ1v) is 6.89. The van der Waals surface area contributed by atoms with Crippen molar-refractivity contribution >= 4 is 12.0 Å². The van der Waals surface area contributed by atoms with Gasteiger partial charge in [0.25, 0.3) is 0 Å². The standard InChI is InChI=1S/C14H26N2O4/c1-13(2,3)8-14(4,5)16-12(19)15-10-7-20-6-9(10)11(17)18/h9-10H,6-8H2,1-5H3,(H,17,18)(H2,15,16,19). The Morgan fingerprint density at radius 3 is 2.30 bits per heavy atom. The molecule has 20 heavy (non-hydrogen) atoms. The lowest BCUT2D eigenvalue weighted by atomic mass is 9.82. The van der Waals surface area contributed by atoms with Crippen LogP contribution in [0.15, 0.2) is 0 Å². The first-order chi connectivity index (χ1) is 9.00. The average Bonchev–Trinajstić information content (AvgIpc) is 2.59. The number of ether oxygens (including phenoxy) is 1. The van der Waals surface area contributed by atoms with Gasteiger partial charge in [0.15, 0.2) is 0 Å². The minimum atomic E-state index is -0.943. The molecule has 2 atom stereocenters. The second kappa shape index (κ2) is 5.99. The van der Waals surface area contributed by atoms with Crippen LogP contribution in [0.3, 0.4) is 0 Å². The normalized spacial score (nSPS) is 23.4. The summed E-state index contributed by atoms with van der Waals surface area (Å²) in [6.45, 7) is 10.6. The largest absolute Gasteiger partial charge is 0.481 e. The summed E-state index contributed by atoms with van der Waals surface area (Å²) in [5, 5.41) is 14.6. The van der Waals surface area contributed by atoms with Crippen LogP contribution < -0.4 is 10.6 Å². The van der Waals surface area contributed by atoms with Gasteiger partial charge in [0.2, 0.25) is 0 Å². The number of amides is 2. The molecule has 2 unspecified atom stereocenters. The number of hydrogen-bond acceptors (Lipinski definition) is 3. The van der Waals surface area contributed by atoms with Gasteiger partial charge in [0.1, 0.15) is 5.92 Å². The third-order valence-electron chi connectivity index (χ3n) is 3.14. The van der Waals surface area contributed by atoms with Crippen LogP contribution in [0, 0.1) is 11.3 Å². The summed E-state index contributed by atoms with van der Waals surface area (Å²) in [4.78, 5) is 23.0. The van der Waals surface area contributed by atoms with E-state index in [1.807, 2.05) is 13.8 Å². The lowest BCUT2D eigenvalue weighted by Crippen LogP contribution is -2.54. The van der Waals surface area contributed by atoms with Crippen molar-refractivity contribution in [2.75, 3.05) is 13.2 Å². The summed E-state index contributed by atoms with van der Waals surface area (Å²) in [5.41, 5.74) is -0.267. The Hall–Kier alpha value is -1.30. The number of carboxylic acids is 1.